The lowest BCUT2D eigenvalue weighted by Gasteiger charge is -2.17. The maximum absolute atomic E-state index is 12.6. The third kappa shape index (κ3) is 9.42. The van der Waals surface area contributed by atoms with Gasteiger partial charge >= 0.3 is 10.1 Å². The molecule has 7 nitrogen and oxygen atoms in total. The third-order valence-electron chi connectivity index (χ3n) is 5.14. The van der Waals surface area contributed by atoms with Crippen molar-refractivity contribution >= 4 is 16.0 Å². The van der Waals surface area contributed by atoms with E-state index in [9.17, 15) is 13.2 Å². The highest BCUT2D eigenvalue weighted by Gasteiger charge is 2.19. The van der Waals surface area contributed by atoms with E-state index in [0.29, 0.717) is 32.6 Å². The molecule has 186 valence electrons. The van der Waals surface area contributed by atoms with Gasteiger partial charge in [-0.2, -0.15) is 8.42 Å². The molecule has 8 heteroatoms. The largest absolute Gasteiger partial charge is 0.493 e. The molecule has 0 saturated heterocycles. The fraction of sp³-hybridized carbons (Fsp3) is 0.296. The van der Waals surface area contributed by atoms with Crippen LogP contribution in [-0.2, 0) is 39.0 Å². The summed E-state index contributed by atoms with van der Waals surface area (Å²) in [6.45, 7) is 3.26. The minimum atomic E-state index is -3.53. The average molecular weight is 498 g/mol. The zero-order valence-electron chi connectivity index (χ0n) is 20.0. The summed E-state index contributed by atoms with van der Waals surface area (Å²) < 4.78 is 38.7. The minimum absolute atomic E-state index is 0.135. The van der Waals surface area contributed by atoms with Crippen LogP contribution in [0.25, 0.3) is 0 Å². The molecule has 0 radical (unpaired) electrons. The zero-order chi connectivity index (χ0) is 25.1. The second kappa shape index (κ2) is 12.9. The Hall–Kier alpha value is -3.36. The molecule has 0 fully saturated rings. The van der Waals surface area contributed by atoms with Gasteiger partial charge < -0.3 is 19.0 Å². The van der Waals surface area contributed by atoms with Crippen LogP contribution in [0.2, 0.25) is 0 Å². The lowest BCUT2D eigenvalue weighted by Crippen LogP contribution is -2.37. The van der Waals surface area contributed by atoms with Crippen molar-refractivity contribution in [3.05, 3.63) is 95.6 Å². The normalized spacial score (nSPS) is 12.1. The van der Waals surface area contributed by atoms with Crippen molar-refractivity contribution in [1.82, 2.24) is 5.32 Å². The number of nitrogens with one attached hydrogen (secondary N) is 1. The van der Waals surface area contributed by atoms with Crippen LogP contribution in [0, 0.1) is 0 Å². The van der Waals surface area contributed by atoms with Crippen molar-refractivity contribution in [2.75, 3.05) is 19.5 Å². The van der Waals surface area contributed by atoms with Crippen molar-refractivity contribution in [3.63, 3.8) is 0 Å². The smallest absolute Gasteiger partial charge is 0.306 e. The Kier molecular flexibility index (Phi) is 9.69. The van der Waals surface area contributed by atoms with E-state index in [1.54, 1.807) is 12.1 Å². The van der Waals surface area contributed by atoms with Crippen LogP contribution in [-0.4, -0.2) is 39.9 Å². The number of amides is 1. The summed E-state index contributed by atoms with van der Waals surface area (Å²) in [5.41, 5.74) is 3.02. The molecule has 1 amide bonds. The number of carbonyl (C=O) groups excluding carboxylic acids is 1. The van der Waals surface area contributed by atoms with Crippen LogP contribution in [0.15, 0.2) is 78.9 Å². The molecule has 0 bridgehead atoms. The van der Waals surface area contributed by atoms with Gasteiger partial charge in [0.15, 0.2) is 0 Å². The highest BCUT2D eigenvalue weighted by molar-refractivity contribution is 7.86. The molecular formula is C27H31NO6S. The number of hydrogen-bond donors (Lipinski definition) is 1. The highest BCUT2D eigenvalue weighted by Crippen LogP contribution is 2.17. The van der Waals surface area contributed by atoms with Gasteiger partial charge in [-0.1, -0.05) is 54.6 Å². The molecule has 0 aromatic heterocycles. The number of carbonyl (C=O) groups is 1. The molecule has 35 heavy (non-hydrogen) atoms. The SMILES string of the molecule is CCOC(Cc1ccc(OCCc2ccc(OS(C)(=O)=O)cc2)cc1)C(=O)NCc1ccccc1. The van der Waals surface area contributed by atoms with Gasteiger partial charge in [0.05, 0.1) is 12.9 Å². The molecule has 1 unspecified atom stereocenters. The molecule has 3 aromatic carbocycles. The van der Waals surface area contributed by atoms with Gasteiger partial charge in [0.25, 0.3) is 0 Å². The first-order valence-corrected chi connectivity index (χ1v) is 13.3. The van der Waals surface area contributed by atoms with Crippen LogP contribution >= 0.6 is 0 Å². The van der Waals surface area contributed by atoms with Gasteiger partial charge in [0.2, 0.25) is 5.91 Å². The fourth-order valence-electron chi connectivity index (χ4n) is 3.44. The van der Waals surface area contributed by atoms with Gasteiger partial charge in [-0.3, -0.25) is 4.79 Å². The Morgan fingerprint density at radius 1 is 0.857 bits per heavy atom. The molecule has 1 N–H and O–H groups in total. The predicted molar refractivity (Wildman–Crippen MR) is 135 cm³/mol. The first-order valence-electron chi connectivity index (χ1n) is 11.5. The predicted octanol–water partition coefficient (Wildman–Crippen LogP) is 3.91. The summed E-state index contributed by atoms with van der Waals surface area (Å²) in [4.78, 5) is 12.6. The van der Waals surface area contributed by atoms with Gasteiger partial charge in [-0.05, 0) is 47.9 Å². The van der Waals surface area contributed by atoms with Crippen molar-refractivity contribution in [2.45, 2.75) is 32.4 Å². The van der Waals surface area contributed by atoms with E-state index in [4.69, 9.17) is 13.7 Å². The van der Waals surface area contributed by atoms with E-state index >= 15 is 0 Å². The summed E-state index contributed by atoms with van der Waals surface area (Å²) in [6.07, 6.45) is 1.58. The van der Waals surface area contributed by atoms with Crippen molar-refractivity contribution < 1.29 is 26.9 Å². The second-order valence-electron chi connectivity index (χ2n) is 8.03. The van der Waals surface area contributed by atoms with E-state index in [0.717, 1.165) is 28.7 Å². The van der Waals surface area contributed by atoms with Crippen molar-refractivity contribution in [3.8, 4) is 11.5 Å². The molecule has 3 rings (SSSR count). The number of ether oxygens (including phenoxy) is 2. The second-order valence-corrected chi connectivity index (χ2v) is 9.60. The number of rotatable bonds is 13. The lowest BCUT2D eigenvalue weighted by molar-refractivity contribution is -0.132. The van der Waals surface area contributed by atoms with E-state index < -0.39 is 16.2 Å². The molecule has 0 spiro atoms. The Labute approximate surface area is 207 Å². The molecule has 1 atom stereocenters. The topological polar surface area (TPSA) is 90.9 Å². The monoisotopic (exact) mass is 497 g/mol. The Morgan fingerprint density at radius 3 is 2.11 bits per heavy atom. The Morgan fingerprint density at radius 2 is 1.49 bits per heavy atom. The summed E-state index contributed by atoms with van der Waals surface area (Å²) in [5.74, 6) is 0.878. The summed E-state index contributed by atoms with van der Waals surface area (Å²) >= 11 is 0. The zero-order valence-corrected chi connectivity index (χ0v) is 20.8. The van der Waals surface area contributed by atoms with E-state index in [2.05, 4.69) is 5.32 Å². The van der Waals surface area contributed by atoms with Crippen LogP contribution in [0.5, 0.6) is 11.5 Å². The summed E-state index contributed by atoms with van der Waals surface area (Å²) in [5, 5.41) is 2.95. The Bertz CT molecular complexity index is 1160. The standard InChI is InChI=1S/C27H31NO6S/c1-3-32-26(27(29)28-20-23-7-5-4-6-8-23)19-22-11-13-24(14-12-22)33-18-17-21-9-15-25(16-10-21)34-35(2,30)31/h4-16,26H,3,17-20H2,1-2H3,(H,28,29). The van der Waals surface area contributed by atoms with E-state index in [1.807, 2.05) is 73.7 Å². The quantitative estimate of drug-likeness (QED) is 0.360. The molecule has 0 saturated carbocycles. The summed E-state index contributed by atoms with van der Waals surface area (Å²) in [6, 6.07) is 24.3. The molecule has 0 heterocycles. The fourth-order valence-corrected chi connectivity index (χ4v) is 3.90. The van der Waals surface area contributed by atoms with Crippen molar-refractivity contribution in [2.24, 2.45) is 0 Å². The van der Waals surface area contributed by atoms with Crippen molar-refractivity contribution in [1.29, 1.82) is 0 Å². The van der Waals surface area contributed by atoms with Crippen LogP contribution < -0.4 is 14.2 Å². The molecule has 3 aromatic rings. The van der Waals surface area contributed by atoms with Crippen LogP contribution in [0.1, 0.15) is 23.6 Å². The molecule has 0 aliphatic carbocycles. The third-order valence-corrected chi connectivity index (χ3v) is 5.64. The first kappa shape index (κ1) is 26.2. The lowest BCUT2D eigenvalue weighted by atomic mass is 10.1. The Balaban J connectivity index is 1.46. The van der Waals surface area contributed by atoms with Crippen LogP contribution in [0.4, 0.5) is 0 Å². The van der Waals surface area contributed by atoms with Crippen LogP contribution in [0.3, 0.4) is 0 Å². The first-order chi connectivity index (χ1) is 16.8. The molecule has 0 aliphatic rings. The maximum atomic E-state index is 12.6. The van der Waals surface area contributed by atoms with Gasteiger partial charge in [-0.25, -0.2) is 0 Å². The average Bonchev–Trinajstić information content (AvgIpc) is 2.84. The highest BCUT2D eigenvalue weighted by atomic mass is 32.2. The van der Waals surface area contributed by atoms with Gasteiger partial charge in [-0.15, -0.1) is 0 Å². The molecular weight excluding hydrogens is 466 g/mol. The van der Waals surface area contributed by atoms with Gasteiger partial charge in [0.1, 0.15) is 17.6 Å². The summed E-state index contributed by atoms with van der Waals surface area (Å²) in [7, 11) is -3.53. The minimum Gasteiger partial charge on any atom is -0.493 e. The maximum Gasteiger partial charge on any atom is 0.306 e. The van der Waals surface area contributed by atoms with E-state index in [1.165, 1.54) is 0 Å². The number of benzene rings is 3. The van der Waals surface area contributed by atoms with E-state index in [-0.39, 0.29) is 11.7 Å². The molecule has 0 aliphatic heterocycles. The number of hydrogen-bond acceptors (Lipinski definition) is 6. The van der Waals surface area contributed by atoms with Gasteiger partial charge in [0, 0.05) is 26.0 Å².